The fourth-order valence-electron chi connectivity index (χ4n) is 9.33. The van der Waals surface area contributed by atoms with Crippen molar-refractivity contribution in [1.29, 1.82) is 0 Å². The summed E-state index contributed by atoms with van der Waals surface area (Å²) < 4.78 is 7.27. The van der Waals surface area contributed by atoms with Crippen LogP contribution in [0.3, 0.4) is 0 Å². The van der Waals surface area contributed by atoms with Crippen LogP contribution in [0.2, 0.25) is 0 Å². The molecule has 4 heterocycles. The van der Waals surface area contributed by atoms with Gasteiger partial charge in [0, 0.05) is 69.1 Å². The second kappa shape index (κ2) is 11.6. The first-order valence-electron chi connectivity index (χ1n) is 19.3. The second-order valence-electron chi connectivity index (χ2n) is 15.0. The van der Waals surface area contributed by atoms with Crippen molar-refractivity contribution in [3.8, 4) is 22.9 Å². The Hall–Kier alpha value is -7.34. The molecule has 0 unspecified atom stereocenters. The van der Waals surface area contributed by atoms with Crippen molar-refractivity contribution >= 4 is 108 Å². The number of thiophene rings is 1. The van der Waals surface area contributed by atoms with Crippen molar-refractivity contribution in [2.75, 3.05) is 0 Å². The Labute approximate surface area is 330 Å². The van der Waals surface area contributed by atoms with Crippen molar-refractivity contribution in [2.45, 2.75) is 0 Å². The molecule has 0 N–H and O–H groups in total. The molecule has 57 heavy (non-hydrogen) atoms. The number of benzene rings is 9. The molecule has 0 bridgehead atoms. The predicted octanol–water partition coefficient (Wildman–Crippen LogP) is 14.2. The van der Waals surface area contributed by atoms with Gasteiger partial charge in [-0.25, -0.2) is 9.97 Å². The van der Waals surface area contributed by atoms with E-state index in [2.05, 4.69) is 191 Å². The van der Waals surface area contributed by atoms with Gasteiger partial charge in [0.05, 0.1) is 33.3 Å². The van der Waals surface area contributed by atoms with E-state index in [9.17, 15) is 0 Å². The molecule has 0 aliphatic rings. The van der Waals surface area contributed by atoms with Gasteiger partial charge in [0.15, 0.2) is 0 Å². The molecule has 0 saturated carbocycles. The van der Waals surface area contributed by atoms with Crippen LogP contribution in [0.4, 0.5) is 0 Å². The van der Waals surface area contributed by atoms with Gasteiger partial charge in [-0.05, 0) is 71.4 Å². The van der Waals surface area contributed by atoms with Crippen LogP contribution in [0.25, 0.3) is 119 Å². The van der Waals surface area contributed by atoms with Gasteiger partial charge < -0.3 is 4.57 Å². The van der Waals surface area contributed by atoms with E-state index in [1.165, 1.54) is 58.0 Å². The summed E-state index contributed by atoms with van der Waals surface area (Å²) in [5.74, 6) is 0.662. The average Bonchev–Trinajstić information content (AvgIpc) is 3.93. The highest BCUT2D eigenvalue weighted by atomic mass is 32.1. The summed E-state index contributed by atoms with van der Waals surface area (Å²) in [5.41, 5.74) is 8.58. The molecule has 13 aromatic rings. The van der Waals surface area contributed by atoms with E-state index in [0.717, 1.165) is 55.2 Å². The van der Waals surface area contributed by atoms with E-state index in [4.69, 9.17) is 9.97 Å². The molecule has 5 heteroatoms. The minimum absolute atomic E-state index is 0.662. The molecule has 0 fully saturated rings. The maximum absolute atomic E-state index is 5.60. The monoisotopic (exact) mass is 742 g/mol. The average molecular weight is 743 g/mol. The Balaban J connectivity index is 1.13. The zero-order chi connectivity index (χ0) is 37.2. The fraction of sp³-hybridized carbons (Fsp3) is 0. The summed E-state index contributed by atoms with van der Waals surface area (Å²) in [7, 11) is 0. The van der Waals surface area contributed by atoms with Gasteiger partial charge in [-0.2, -0.15) is 0 Å². The Morgan fingerprint density at radius 3 is 1.86 bits per heavy atom. The lowest BCUT2D eigenvalue weighted by molar-refractivity contribution is 1.02. The quantitative estimate of drug-likeness (QED) is 0.169. The molecule has 0 aliphatic heterocycles. The largest absolute Gasteiger partial charge is 0.309 e. The maximum Gasteiger partial charge on any atom is 0.235 e. The lowest BCUT2D eigenvalue weighted by Gasteiger charge is -2.14. The third-order valence-electron chi connectivity index (χ3n) is 11.9. The van der Waals surface area contributed by atoms with Gasteiger partial charge >= 0.3 is 0 Å². The topological polar surface area (TPSA) is 35.6 Å². The summed E-state index contributed by atoms with van der Waals surface area (Å²) >= 11 is 1.87. The van der Waals surface area contributed by atoms with Crippen LogP contribution >= 0.6 is 11.3 Å². The van der Waals surface area contributed by atoms with Gasteiger partial charge in [0.1, 0.15) is 0 Å². The lowest BCUT2D eigenvalue weighted by atomic mass is 10.0. The molecule has 0 radical (unpaired) electrons. The van der Waals surface area contributed by atoms with Crippen molar-refractivity contribution in [1.82, 2.24) is 19.1 Å². The fourth-order valence-corrected chi connectivity index (χ4v) is 10.6. The molecular weight excluding hydrogens is 713 g/mol. The normalized spacial score (nSPS) is 12.2. The number of hydrogen-bond acceptors (Lipinski definition) is 3. The molecule has 0 aliphatic carbocycles. The van der Waals surface area contributed by atoms with Crippen molar-refractivity contribution in [2.24, 2.45) is 0 Å². The van der Waals surface area contributed by atoms with E-state index in [1.54, 1.807) is 0 Å². The Morgan fingerprint density at radius 1 is 0.368 bits per heavy atom. The van der Waals surface area contributed by atoms with Gasteiger partial charge in [0.25, 0.3) is 0 Å². The Morgan fingerprint density at radius 2 is 1.02 bits per heavy atom. The molecule has 13 rings (SSSR count). The van der Waals surface area contributed by atoms with Crippen molar-refractivity contribution < 1.29 is 0 Å². The first-order chi connectivity index (χ1) is 28.3. The summed E-state index contributed by atoms with van der Waals surface area (Å²) in [4.78, 5) is 11.1. The van der Waals surface area contributed by atoms with E-state index in [0.29, 0.717) is 5.95 Å². The van der Waals surface area contributed by atoms with Gasteiger partial charge in [0.2, 0.25) is 5.95 Å². The number of rotatable bonds is 3. The summed E-state index contributed by atoms with van der Waals surface area (Å²) in [6.07, 6.45) is 0. The van der Waals surface area contributed by atoms with E-state index >= 15 is 0 Å². The number of fused-ring (bicyclic) bond motifs is 14. The van der Waals surface area contributed by atoms with Crippen LogP contribution in [0.5, 0.6) is 0 Å². The third-order valence-corrected chi connectivity index (χ3v) is 13.1. The van der Waals surface area contributed by atoms with Crippen LogP contribution in [0.1, 0.15) is 0 Å². The van der Waals surface area contributed by atoms with Crippen molar-refractivity contribution in [3.63, 3.8) is 0 Å². The molecule has 0 amide bonds. The molecule has 4 nitrogen and oxygen atoms in total. The molecule has 9 aromatic carbocycles. The van der Waals surface area contributed by atoms with E-state index < -0.39 is 0 Å². The van der Waals surface area contributed by atoms with Crippen LogP contribution in [-0.4, -0.2) is 19.1 Å². The summed E-state index contributed by atoms with van der Waals surface area (Å²) in [6.45, 7) is 0. The van der Waals surface area contributed by atoms with Gasteiger partial charge in [-0.3, -0.25) is 4.57 Å². The number of para-hydroxylation sites is 3. The minimum atomic E-state index is 0.662. The highest BCUT2D eigenvalue weighted by Gasteiger charge is 2.21. The molecule has 0 spiro atoms. The third kappa shape index (κ3) is 4.37. The minimum Gasteiger partial charge on any atom is -0.309 e. The van der Waals surface area contributed by atoms with E-state index in [1.807, 2.05) is 11.3 Å². The van der Waals surface area contributed by atoms with Crippen LogP contribution in [0.15, 0.2) is 182 Å². The number of nitrogens with zero attached hydrogens (tertiary/aromatic N) is 4. The molecule has 0 atom stereocenters. The van der Waals surface area contributed by atoms with Gasteiger partial charge in [-0.15, -0.1) is 11.3 Å². The Kier molecular flexibility index (Phi) is 6.29. The zero-order valence-electron chi connectivity index (χ0n) is 30.5. The second-order valence-corrected chi connectivity index (χ2v) is 16.0. The maximum atomic E-state index is 5.60. The number of hydrogen-bond donors (Lipinski definition) is 0. The number of aromatic nitrogens is 4. The summed E-state index contributed by atoms with van der Waals surface area (Å²) in [6, 6.07) is 65.8. The van der Waals surface area contributed by atoms with Gasteiger partial charge in [-0.1, -0.05) is 121 Å². The van der Waals surface area contributed by atoms with Crippen molar-refractivity contribution in [3.05, 3.63) is 182 Å². The predicted molar refractivity (Wildman–Crippen MR) is 242 cm³/mol. The molecule has 4 aromatic heterocycles. The standard InChI is InChI=1S/C52H30N4S/c1-2-13-34(14-3-1)55-44-19-9-6-16-36(44)42-29-33(24-27-46(42)55)49-40-26-22-31-12-4-5-15-35(31)50(40)54-52(53-49)56-45-20-10-7-17-37(45)43-28-32-23-25-39-38-18-8-11-21-48(38)57-51(39)41(32)30-47(43)56/h1-30H. The first-order valence-corrected chi connectivity index (χ1v) is 20.1. The highest BCUT2D eigenvalue weighted by Crippen LogP contribution is 2.43. The van der Waals surface area contributed by atoms with Crippen LogP contribution in [-0.2, 0) is 0 Å². The molecule has 264 valence electrons. The van der Waals surface area contributed by atoms with E-state index in [-0.39, 0.29) is 0 Å². The molecule has 0 saturated heterocycles. The smallest absolute Gasteiger partial charge is 0.235 e. The summed E-state index contributed by atoms with van der Waals surface area (Å²) in [5, 5.41) is 13.2. The highest BCUT2D eigenvalue weighted by molar-refractivity contribution is 7.26. The van der Waals surface area contributed by atoms with Crippen LogP contribution in [0, 0.1) is 0 Å². The molecular formula is C52H30N4S. The first kappa shape index (κ1) is 30.9. The Bertz CT molecular complexity index is 3810. The lowest BCUT2D eigenvalue weighted by Crippen LogP contribution is -2.04. The zero-order valence-corrected chi connectivity index (χ0v) is 31.3. The van der Waals surface area contributed by atoms with Crippen LogP contribution < -0.4 is 0 Å². The SMILES string of the molecule is c1ccc(-n2c3ccccc3c3cc(-c4nc(-n5c6ccccc6c6cc7ccc8c9ccccc9sc8c7cc65)nc5c4ccc4ccccc45)ccc32)cc1.